The van der Waals surface area contributed by atoms with E-state index in [4.69, 9.17) is 0 Å². The summed E-state index contributed by atoms with van der Waals surface area (Å²) in [5.74, 6) is 0. The SMILES string of the molecule is C[C-]=C(C(=[C-]C(C)(C)C)C(C)(C)C)C(C)(C)C.C[N-]C.[Y+3]. The van der Waals surface area contributed by atoms with Gasteiger partial charge in [0.25, 0.3) is 0 Å². The molecule has 0 aromatic carbocycles. The molecule has 0 aliphatic heterocycles. The Hall–Kier alpha value is 0.544. The van der Waals surface area contributed by atoms with Crippen molar-refractivity contribution in [1.29, 1.82) is 0 Å². The standard InChI is InChI=1S/C17H30.C2H6N.Y/c1-11-13(16(5,6)7)14(17(8,9)10)12-15(2,3)4;1-3-2;/h1-10H3;1-2H3;/q-2;-1;+3. The molecule has 0 spiro atoms. The molecule has 1 nitrogen and oxygen atoms in total. The van der Waals surface area contributed by atoms with Crippen LogP contribution >= 0.6 is 0 Å². The van der Waals surface area contributed by atoms with Gasteiger partial charge >= 0.3 is 32.7 Å². The van der Waals surface area contributed by atoms with Crippen LogP contribution in [0.4, 0.5) is 0 Å². The number of allylic oxidation sites excluding steroid dienone is 4. The first kappa shape index (κ1) is 26.4. The fraction of sp³-hybridized carbons (Fsp3) is 0.789. The van der Waals surface area contributed by atoms with Crippen molar-refractivity contribution in [3.05, 3.63) is 28.6 Å². The Labute approximate surface area is 160 Å². The first-order valence-corrected chi connectivity index (χ1v) is 7.39. The van der Waals surface area contributed by atoms with Gasteiger partial charge < -0.3 is 28.6 Å². The zero-order valence-electron chi connectivity index (χ0n) is 16.5. The molecule has 0 bridgehead atoms. The molecule has 0 amide bonds. The molecule has 120 valence electrons. The van der Waals surface area contributed by atoms with Gasteiger partial charge in [0.1, 0.15) is 0 Å². The molecule has 0 saturated heterocycles. The predicted octanol–water partition coefficient (Wildman–Crippen LogP) is 6.22. The summed E-state index contributed by atoms with van der Waals surface area (Å²) < 4.78 is 0. The van der Waals surface area contributed by atoms with Crippen LogP contribution in [0, 0.1) is 28.4 Å². The zero-order valence-corrected chi connectivity index (χ0v) is 19.4. The molecular weight excluding hydrogens is 331 g/mol. The first-order valence-electron chi connectivity index (χ1n) is 7.39. The average molecular weight is 367 g/mol. The average Bonchev–Trinajstić information content (AvgIpc) is 2.12. The maximum atomic E-state index is 3.67. The summed E-state index contributed by atoms with van der Waals surface area (Å²) in [6, 6.07) is 0. The van der Waals surface area contributed by atoms with Gasteiger partial charge in [-0.15, -0.1) is 23.2 Å². The zero-order chi connectivity index (χ0) is 16.8. The second kappa shape index (κ2) is 10.3. The minimum Gasteiger partial charge on any atom is -0.668 e. The predicted molar refractivity (Wildman–Crippen MR) is 92.8 cm³/mol. The van der Waals surface area contributed by atoms with Crippen LogP contribution in [-0.2, 0) is 32.7 Å². The maximum Gasteiger partial charge on any atom is 3.00 e. The van der Waals surface area contributed by atoms with Crippen molar-refractivity contribution in [2.24, 2.45) is 16.2 Å². The van der Waals surface area contributed by atoms with Crippen LogP contribution in [0.3, 0.4) is 0 Å². The molecule has 0 atom stereocenters. The molecule has 0 saturated carbocycles. The first-order chi connectivity index (χ1) is 8.70. The molecule has 0 unspecified atom stereocenters. The van der Waals surface area contributed by atoms with Gasteiger partial charge in [-0.3, -0.25) is 0 Å². The van der Waals surface area contributed by atoms with Crippen molar-refractivity contribution < 1.29 is 32.7 Å². The van der Waals surface area contributed by atoms with Gasteiger partial charge in [0.2, 0.25) is 0 Å². The summed E-state index contributed by atoms with van der Waals surface area (Å²) >= 11 is 0. The summed E-state index contributed by atoms with van der Waals surface area (Å²) in [6.07, 6.45) is 7.06. The Bertz CT molecular complexity index is 330. The molecule has 21 heavy (non-hydrogen) atoms. The van der Waals surface area contributed by atoms with E-state index in [9.17, 15) is 0 Å². The van der Waals surface area contributed by atoms with Gasteiger partial charge in [-0.05, 0) is 0 Å². The normalized spacial score (nSPS) is 14.1. The van der Waals surface area contributed by atoms with Crippen LogP contribution in [0.2, 0.25) is 0 Å². The van der Waals surface area contributed by atoms with Gasteiger partial charge in [-0.2, -0.15) is 14.1 Å². The van der Waals surface area contributed by atoms with E-state index in [0.29, 0.717) is 0 Å². The minimum atomic E-state index is 0. The van der Waals surface area contributed by atoms with E-state index < -0.39 is 0 Å². The summed E-state index contributed by atoms with van der Waals surface area (Å²) in [6.45, 7) is 22.1. The van der Waals surface area contributed by atoms with Gasteiger partial charge in [0.05, 0.1) is 0 Å². The van der Waals surface area contributed by atoms with Crippen LogP contribution in [0.25, 0.3) is 5.32 Å². The van der Waals surface area contributed by atoms with Crippen molar-refractivity contribution >= 4 is 0 Å². The van der Waals surface area contributed by atoms with E-state index in [0.717, 1.165) is 0 Å². The maximum absolute atomic E-state index is 3.67. The number of rotatable bonds is 1. The van der Waals surface area contributed by atoms with Crippen LogP contribution in [0.15, 0.2) is 11.1 Å². The molecule has 0 rings (SSSR count). The molecule has 0 heterocycles. The minimum absolute atomic E-state index is 0. The van der Waals surface area contributed by atoms with E-state index in [1.54, 1.807) is 14.1 Å². The third kappa shape index (κ3) is 12.7. The van der Waals surface area contributed by atoms with Crippen molar-refractivity contribution in [2.45, 2.75) is 69.2 Å². The van der Waals surface area contributed by atoms with Gasteiger partial charge in [-0.1, -0.05) is 62.3 Å². The largest absolute Gasteiger partial charge is 3.00 e. The van der Waals surface area contributed by atoms with Crippen LogP contribution in [0.5, 0.6) is 0 Å². The monoisotopic (exact) mass is 367 g/mol. The fourth-order valence-electron chi connectivity index (χ4n) is 1.88. The van der Waals surface area contributed by atoms with E-state index in [1.807, 2.05) is 6.92 Å². The van der Waals surface area contributed by atoms with Crippen LogP contribution in [-0.4, -0.2) is 14.1 Å². The van der Waals surface area contributed by atoms with Crippen molar-refractivity contribution in [2.75, 3.05) is 14.1 Å². The summed E-state index contributed by atoms with van der Waals surface area (Å²) in [4.78, 5) is 0. The smallest absolute Gasteiger partial charge is 0.668 e. The van der Waals surface area contributed by atoms with E-state index in [2.05, 4.69) is 79.8 Å². The Morgan fingerprint density at radius 1 is 0.714 bits per heavy atom. The van der Waals surface area contributed by atoms with Crippen molar-refractivity contribution in [1.82, 2.24) is 0 Å². The number of hydrogen-bond acceptors (Lipinski definition) is 0. The van der Waals surface area contributed by atoms with Crippen LogP contribution in [0.1, 0.15) is 69.2 Å². The van der Waals surface area contributed by atoms with Gasteiger partial charge in [0.15, 0.2) is 0 Å². The Morgan fingerprint density at radius 2 is 1.00 bits per heavy atom. The quantitative estimate of drug-likeness (QED) is 0.386. The molecule has 0 aromatic rings. The Kier molecular flexibility index (Phi) is 13.0. The fourth-order valence-corrected chi connectivity index (χ4v) is 1.88. The van der Waals surface area contributed by atoms with Crippen molar-refractivity contribution in [3.8, 4) is 0 Å². The van der Waals surface area contributed by atoms with E-state index in [-0.39, 0.29) is 49.0 Å². The number of nitrogens with zero attached hydrogens (tertiary/aromatic N) is 1. The second-order valence-electron chi connectivity index (χ2n) is 8.32. The molecule has 0 aliphatic carbocycles. The third-order valence-corrected chi connectivity index (χ3v) is 2.50. The Morgan fingerprint density at radius 3 is 1.14 bits per heavy atom. The molecule has 0 radical (unpaired) electrons. The molecule has 0 aliphatic rings. The molecule has 2 heteroatoms. The molecule has 0 aromatic heterocycles. The molecular formula is C19H36NY. The third-order valence-electron chi connectivity index (χ3n) is 2.50. The molecule has 0 fully saturated rings. The van der Waals surface area contributed by atoms with E-state index in [1.165, 1.54) is 11.1 Å². The topological polar surface area (TPSA) is 14.1 Å². The summed E-state index contributed by atoms with van der Waals surface area (Å²) in [5.41, 5.74) is 2.91. The van der Waals surface area contributed by atoms with Gasteiger partial charge in [0, 0.05) is 0 Å². The van der Waals surface area contributed by atoms with Gasteiger partial charge in [-0.25, -0.2) is 0 Å². The Balaban J connectivity index is -0.000000740. The van der Waals surface area contributed by atoms with E-state index >= 15 is 0 Å². The van der Waals surface area contributed by atoms with Crippen LogP contribution < -0.4 is 0 Å². The summed E-state index contributed by atoms with van der Waals surface area (Å²) in [5, 5.41) is 3.50. The number of hydrogen-bond donors (Lipinski definition) is 0. The molecule has 0 N–H and O–H groups in total. The summed E-state index contributed by atoms with van der Waals surface area (Å²) in [7, 11) is 3.50. The second-order valence-corrected chi connectivity index (χ2v) is 8.32. The van der Waals surface area contributed by atoms with Crippen molar-refractivity contribution in [3.63, 3.8) is 0 Å².